The van der Waals surface area contributed by atoms with E-state index in [1.165, 1.54) is 18.2 Å². The summed E-state index contributed by atoms with van der Waals surface area (Å²) in [6.07, 6.45) is -2.46. The van der Waals surface area contributed by atoms with Crippen LogP contribution in [0.25, 0.3) is 0 Å². The number of benzene rings is 2. The number of hydrogen-bond donors (Lipinski definition) is 2. The van der Waals surface area contributed by atoms with Gasteiger partial charge in [0.05, 0.1) is 5.56 Å². The van der Waals surface area contributed by atoms with Crippen LogP contribution < -0.4 is 10.6 Å². The van der Waals surface area contributed by atoms with Gasteiger partial charge in [0, 0.05) is 22.2 Å². The molecule has 0 radical (unpaired) electrons. The van der Waals surface area contributed by atoms with Crippen LogP contribution in [0, 0.1) is 9.39 Å². The van der Waals surface area contributed by atoms with Crippen molar-refractivity contribution >= 4 is 22.6 Å². The van der Waals surface area contributed by atoms with Crippen molar-refractivity contribution in [2.45, 2.75) is 37.6 Å². The molecule has 0 unspecified atom stereocenters. The Bertz CT molecular complexity index is 746. The number of alkyl halides is 3. The average molecular weight is 478 g/mol. The van der Waals surface area contributed by atoms with E-state index in [1.54, 1.807) is 18.2 Å². The summed E-state index contributed by atoms with van der Waals surface area (Å²) in [5.41, 5.74) is 0.952. The van der Waals surface area contributed by atoms with Crippen LogP contribution in [0.4, 0.5) is 17.6 Å². The largest absolute Gasteiger partial charge is 0.416 e. The number of rotatable bonds is 4. The third-order valence-corrected chi connectivity index (χ3v) is 5.16. The standard InChI is InChI=1S/C19H19F4IN2/c20-15-5-3-13(4-6-15)18-17(2-1-7-25-18)26-11-12-8-14(19(21,22)23)10-16(24)9-12/h3-6,8-10,17-18,25-26H,1-2,7,11H2/t17-,18-/m0/s1. The lowest BCUT2D eigenvalue weighted by Crippen LogP contribution is -2.45. The van der Waals surface area contributed by atoms with Crippen molar-refractivity contribution in [3.63, 3.8) is 0 Å². The summed E-state index contributed by atoms with van der Waals surface area (Å²) in [6.45, 7) is 1.21. The molecule has 1 fully saturated rings. The molecule has 0 bridgehead atoms. The molecule has 2 atom stereocenters. The molecule has 0 amide bonds. The Morgan fingerprint density at radius 2 is 1.85 bits per heavy atom. The summed E-state index contributed by atoms with van der Waals surface area (Å²) in [7, 11) is 0. The molecule has 7 heteroatoms. The molecule has 2 aromatic rings. The van der Waals surface area contributed by atoms with E-state index in [0.717, 1.165) is 31.0 Å². The van der Waals surface area contributed by atoms with Gasteiger partial charge in [0.1, 0.15) is 5.82 Å². The van der Waals surface area contributed by atoms with E-state index in [1.807, 2.05) is 22.6 Å². The van der Waals surface area contributed by atoms with Crippen molar-refractivity contribution in [1.29, 1.82) is 0 Å². The summed E-state index contributed by atoms with van der Waals surface area (Å²) in [5.74, 6) is -0.285. The zero-order valence-electron chi connectivity index (χ0n) is 13.9. The van der Waals surface area contributed by atoms with E-state index in [2.05, 4.69) is 10.6 Å². The zero-order chi connectivity index (χ0) is 18.7. The van der Waals surface area contributed by atoms with Gasteiger partial charge in [-0.15, -0.1) is 0 Å². The second-order valence-electron chi connectivity index (χ2n) is 6.46. The molecule has 0 spiro atoms. The Balaban J connectivity index is 1.73. The molecular weight excluding hydrogens is 459 g/mol. The van der Waals surface area contributed by atoms with E-state index in [4.69, 9.17) is 0 Å². The smallest absolute Gasteiger partial charge is 0.309 e. The van der Waals surface area contributed by atoms with Crippen LogP contribution in [-0.2, 0) is 12.7 Å². The summed E-state index contributed by atoms with van der Waals surface area (Å²) >= 11 is 1.91. The van der Waals surface area contributed by atoms with Crippen LogP contribution in [0.2, 0.25) is 0 Å². The lowest BCUT2D eigenvalue weighted by Gasteiger charge is -2.34. The molecule has 1 heterocycles. The maximum Gasteiger partial charge on any atom is 0.416 e. The van der Waals surface area contributed by atoms with Gasteiger partial charge in [0.15, 0.2) is 0 Å². The molecule has 1 aliphatic heterocycles. The minimum atomic E-state index is -4.35. The number of piperidine rings is 1. The summed E-state index contributed by atoms with van der Waals surface area (Å²) in [5, 5.41) is 6.80. The van der Waals surface area contributed by atoms with E-state index in [0.29, 0.717) is 15.7 Å². The Labute approximate surface area is 163 Å². The molecule has 1 saturated heterocycles. The lowest BCUT2D eigenvalue weighted by molar-refractivity contribution is -0.137. The highest BCUT2D eigenvalue weighted by atomic mass is 127. The van der Waals surface area contributed by atoms with Crippen LogP contribution >= 0.6 is 22.6 Å². The molecule has 0 aliphatic carbocycles. The number of nitrogens with one attached hydrogen (secondary N) is 2. The van der Waals surface area contributed by atoms with Gasteiger partial charge in [-0.3, -0.25) is 0 Å². The summed E-state index contributed by atoms with van der Waals surface area (Å²) < 4.78 is 52.7. The Kier molecular flexibility index (Phi) is 6.19. The van der Waals surface area contributed by atoms with Gasteiger partial charge < -0.3 is 10.6 Å². The fourth-order valence-corrected chi connectivity index (χ4v) is 4.03. The Morgan fingerprint density at radius 1 is 1.12 bits per heavy atom. The highest BCUT2D eigenvalue weighted by molar-refractivity contribution is 14.1. The van der Waals surface area contributed by atoms with Crippen molar-refractivity contribution in [3.05, 3.63) is 68.5 Å². The second-order valence-corrected chi connectivity index (χ2v) is 7.70. The maximum atomic E-state index is 13.2. The maximum absolute atomic E-state index is 13.2. The van der Waals surface area contributed by atoms with Crippen molar-refractivity contribution in [2.75, 3.05) is 6.54 Å². The van der Waals surface area contributed by atoms with Crippen molar-refractivity contribution < 1.29 is 17.6 Å². The first-order valence-electron chi connectivity index (χ1n) is 8.42. The fraction of sp³-hybridized carbons (Fsp3) is 0.368. The van der Waals surface area contributed by atoms with Crippen molar-refractivity contribution in [2.24, 2.45) is 0 Å². The van der Waals surface area contributed by atoms with Crippen LogP contribution in [0.15, 0.2) is 42.5 Å². The molecule has 26 heavy (non-hydrogen) atoms. The molecule has 2 aromatic carbocycles. The predicted octanol–water partition coefficient (Wildman–Crippen LogP) is 5.03. The highest BCUT2D eigenvalue weighted by Crippen LogP contribution is 2.31. The first-order chi connectivity index (χ1) is 12.3. The van der Waals surface area contributed by atoms with E-state index >= 15 is 0 Å². The van der Waals surface area contributed by atoms with Gasteiger partial charge in [-0.05, 0) is 83.4 Å². The summed E-state index contributed by atoms with van der Waals surface area (Å²) in [4.78, 5) is 0. The first kappa shape index (κ1) is 19.6. The van der Waals surface area contributed by atoms with Gasteiger partial charge in [-0.2, -0.15) is 13.2 Å². The van der Waals surface area contributed by atoms with Crippen LogP contribution in [0.5, 0.6) is 0 Å². The van der Waals surface area contributed by atoms with E-state index in [9.17, 15) is 17.6 Å². The molecule has 0 saturated carbocycles. The number of halogens is 5. The van der Waals surface area contributed by atoms with Gasteiger partial charge in [-0.1, -0.05) is 12.1 Å². The second kappa shape index (κ2) is 8.22. The molecule has 140 valence electrons. The third-order valence-electron chi connectivity index (χ3n) is 4.54. The predicted molar refractivity (Wildman–Crippen MR) is 101 cm³/mol. The first-order valence-corrected chi connectivity index (χ1v) is 9.50. The van der Waals surface area contributed by atoms with E-state index < -0.39 is 11.7 Å². The minimum Gasteiger partial charge on any atom is -0.309 e. The van der Waals surface area contributed by atoms with E-state index in [-0.39, 0.29) is 17.9 Å². The highest BCUT2D eigenvalue weighted by Gasteiger charge is 2.31. The molecular formula is C19H19F4IN2. The van der Waals surface area contributed by atoms with Gasteiger partial charge in [0.25, 0.3) is 0 Å². The molecule has 3 rings (SSSR count). The minimum absolute atomic E-state index is 0.00854. The van der Waals surface area contributed by atoms with Gasteiger partial charge in [-0.25, -0.2) is 4.39 Å². The topological polar surface area (TPSA) is 24.1 Å². The molecule has 2 N–H and O–H groups in total. The number of hydrogen-bond acceptors (Lipinski definition) is 2. The van der Waals surface area contributed by atoms with Gasteiger partial charge in [0.2, 0.25) is 0 Å². The molecule has 0 aromatic heterocycles. The monoisotopic (exact) mass is 478 g/mol. The third kappa shape index (κ3) is 4.95. The van der Waals surface area contributed by atoms with Crippen molar-refractivity contribution in [3.8, 4) is 0 Å². The Morgan fingerprint density at radius 3 is 2.54 bits per heavy atom. The SMILES string of the molecule is Fc1ccc([C@@H]2NCCC[C@@H]2NCc2cc(I)cc(C(F)(F)F)c2)cc1. The zero-order valence-corrected chi connectivity index (χ0v) is 16.1. The van der Waals surface area contributed by atoms with Crippen LogP contribution in [0.3, 0.4) is 0 Å². The lowest BCUT2D eigenvalue weighted by atomic mass is 9.92. The van der Waals surface area contributed by atoms with Crippen molar-refractivity contribution in [1.82, 2.24) is 10.6 Å². The van der Waals surface area contributed by atoms with Crippen LogP contribution in [0.1, 0.15) is 35.6 Å². The fourth-order valence-electron chi connectivity index (χ4n) is 3.29. The molecule has 2 nitrogen and oxygen atoms in total. The summed E-state index contributed by atoms with van der Waals surface area (Å²) in [6, 6.07) is 10.5. The normalized spacial score (nSPS) is 21.0. The van der Waals surface area contributed by atoms with Crippen LogP contribution in [-0.4, -0.2) is 12.6 Å². The molecule has 1 aliphatic rings. The Hall–Kier alpha value is -1.19. The average Bonchev–Trinajstić information content (AvgIpc) is 2.60. The van der Waals surface area contributed by atoms with Gasteiger partial charge >= 0.3 is 6.18 Å². The quantitative estimate of drug-likeness (QED) is 0.476.